The lowest BCUT2D eigenvalue weighted by molar-refractivity contribution is 0.100. The van der Waals surface area contributed by atoms with Crippen LogP contribution in [0.1, 0.15) is 15.9 Å². The summed E-state index contributed by atoms with van der Waals surface area (Å²) >= 11 is 12.4. The maximum absolute atomic E-state index is 12.2. The lowest BCUT2D eigenvalue weighted by Gasteiger charge is -2.10. The minimum atomic E-state index is -0.471. The second-order valence-electron chi connectivity index (χ2n) is 7.78. The van der Waals surface area contributed by atoms with Gasteiger partial charge in [0.25, 0.3) is 0 Å². The van der Waals surface area contributed by atoms with E-state index in [-0.39, 0.29) is 0 Å². The third kappa shape index (κ3) is 3.82. The van der Waals surface area contributed by atoms with Gasteiger partial charge >= 0.3 is 0 Å². The van der Waals surface area contributed by atoms with Gasteiger partial charge in [-0.1, -0.05) is 47.5 Å². The van der Waals surface area contributed by atoms with Gasteiger partial charge in [0.2, 0.25) is 5.91 Å². The molecule has 0 aliphatic carbocycles. The summed E-state index contributed by atoms with van der Waals surface area (Å²) in [5.41, 5.74) is 11.1. The molecule has 6 heteroatoms. The van der Waals surface area contributed by atoms with Gasteiger partial charge in [0, 0.05) is 22.9 Å². The summed E-state index contributed by atoms with van der Waals surface area (Å²) in [7, 11) is 1.65. The first kappa shape index (κ1) is 21.4. The molecule has 1 amide bonds. The third-order valence-electron chi connectivity index (χ3n) is 5.81. The Bertz CT molecular complexity index is 1520. The molecule has 0 aliphatic rings. The lowest BCUT2D eigenvalue weighted by atomic mass is 10.0. The number of aromatic nitrogens is 1. The molecule has 0 spiro atoms. The van der Waals surface area contributed by atoms with E-state index in [1.54, 1.807) is 19.2 Å². The Labute approximate surface area is 201 Å². The highest BCUT2D eigenvalue weighted by Crippen LogP contribution is 2.35. The van der Waals surface area contributed by atoms with Crippen LogP contribution < -0.4 is 10.5 Å². The fourth-order valence-corrected chi connectivity index (χ4v) is 4.52. The number of methoxy groups -OCH3 is 1. The topological polar surface area (TPSA) is 57.2 Å². The van der Waals surface area contributed by atoms with Gasteiger partial charge in [-0.15, -0.1) is 0 Å². The summed E-state index contributed by atoms with van der Waals surface area (Å²) in [5, 5.41) is 2.64. The quantitative estimate of drug-likeness (QED) is 0.307. The predicted molar refractivity (Wildman–Crippen MR) is 134 cm³/mol. The van der Waals surface area contributed by atoms with Crippen molar-refractivity contribution in [3.05, 3.63) is 100 Å². The zero-order chi connectivity index (χ0) is 23.1. The van der Waals surface area contributed by atoms with Crippen molar-refractivity contribution >= 4 is 50.9 Å². The predicted octanol–water partition coefficient (Wildman–Crippen LogP) is 6.72. The summed E-state index contributed by atoms with van der Waals surface area (Å²) in [6.07, 6.45) is 0. The molecule has 1 radical (unpaired) electrons. The van der Waals surface area contributed by atoms with E-state index in [1.807, 2.05) is 54.6 Å². The number of rotatable bonds is 5. The number of fused-ring (bicyclic) bond motifs is 3. The van der Waals surface area contributed by atoms with Gasteiger partial charge in [-0.3, -0.25) is 4.79 Å². The van der Waals surface area contributed by atoms with Crippen molar-refractivity contribution in [3.8, 4) is 16.9 Å². The van der Waals surface area contributed by atoms with Crippen molar-refractivity contribution in [2.45, 2.75) is 6.54 Å². The fourth-order valence-electron chi connectivity index (χ4n) is 4.20. The summed E-state index contributed by atoms with van der Waals surface area (Å²) in [5.74, 6) is 0.324. The minimum absolute atomic E-state index is 0.471. The van der Waals surface area contributed by atoms with Crippen LogP contribution >= 0.6 is 23.2 Å². The first-order valence-electron chi connectivity index (χ1n) is 10.3. The van der Waals surface area contributed by atoms with E-state index in [0.717, 1.165) is 44.2 Å². The molecule has 0 aliphatic heterocycles. The number of hydrogen-bond donors (Lipinski definition) is 1. The van der Waals surface area contributed by atoms with Gasteiger partial charge in [-0.25, -0.2) is 0 Å². The molecule has 2 N–H and O–H groups in total. The molecule has 4 aromatic carbocycles. The normalized spacial score (nSPS) is 11.2. The van der Waals surface area contributed by atoms with E-state index in [9.17, 15) is 4.79 Å². The molecular formula is C27H19Cl2N2O2. The zero-order valence-corrected chi connectivity index (χ0v) is 19.2. The van der Waals surface area contributed by atoms with Gasteiger partial charge in [-0.2, -0.15) is 0 Å². The summed E-state index contributed by atoms with van der Waals surface area (Å²) in [6.45, 7) is 0.541. The maximum atomic E-state index is 12.2. The van der Waals surface area contributed by atoms with Gasteiger partial charge < -0.3 is 15.0 Å². The Morgan fingerprint density at radius 3 is 2.45 bits per heavy atom. The highest BCUT2D eigenvalue weighted by atomic mass is 35.5. The molecule has 5 aromatic rings. The molecule has 0 atom stereocenters. The Morgan fingerprint density at radius 2 is 1.76 bits per heavy atom. The summed E-state index contributed by atoms with van der Waals surface area (Å²) in [6, 6.07) is 26.5. The van der Waals surface area contributed by atoms with E-state index in [0.29, 0.717) is 22.2 Å². The molecule has 1 heterocycles. The van der Waals surface area contributed by atoms with Crippen LogP contribution in [0.3, 0.4) is 0 Å². The number of carbonyl (C=O) groups is 1. The highest BCUT2D eigenvalue weighted by molar-refractivity contribution is 6.42. The van der Waals surface area contributed by atoms with Crippen molar-refractivity contribution in [1.82, 2.24) is 4.57 Å². The number of nitrogens with zero attached hydrogens (tertiary/aromatic N) is 1. The molecular weight excluding hydrogens is 455 g/mol. The number of nitrogens with two attached hydrogens (primary N) is 1. The number of halogens is 2. The van der Waals surface area contributed by atoms with Crippen molar-refractivity contribution in [2.24, 2.45) is 5.73 Å². The van der Waals surface area contributed by atoms with Gasteiger partial charge in [0.15, 0.2) is 0 Å². The van der Waals surface area contributed by atoms with Crippen molar-refractivity contribution in [3.63, 3.8) is 0 Å². The number of carbonyl (C=O) groups excluding carboxylic acids is 1. The van der Waals surface area contributed by atoms with Gasteiger partial charge in [0.1, 0.15) is 5.75 Å². The fraction of sp³-hybridized carbons (Fsp3) is 0.0741. The standard InChI is InChI=1S/C27H19Cl2N2O2/c1-33-19-9-6-17(7-10-19)18-8-11-20-25(14-18)31(15-16-5-12-22(28)23(29)13-16)24-4-2-3-21(26(20)24)27(30)32/h2-10,12-14H,15H2,1H3,(H2,30,32). The number of amides is 1. The van der Waals surface area contributed by atoms with Crippen molar-refractivity contribution in [2.75, 3.05) is 7.11 Å². The lowest BCUT2D eigenvalue weighted by Crippen LogP contribution is -2.11. The van der Waals surface area contributed by atoms with E-state index in [2.05, 4.69) is 16.7 Å². The van der Waals surface area contributed by atoms with E-state index in [4.69, 9.17) is 33.7 Å². The minimum Gasteiger partial charge on any atom is -0.497 e. The smallest absolute Gasteiger partial charge is 0.249 e. The van der Waals surface area contributed by atoms with Crippen LogP contribution in [-0.4, -0.2) is 17.6 Å². The Kier molecular flexibility index (Phi) is 5.49. The van der Waals surface area contributed by atoms with Crippen LogP contribution in [0.25, 0.3) is 32.9 Å². The average Bonchev–Trinajstić information content (AvgIpc) is 3.14. The summed E-state index contributed by atoms with van der Waals surface area (Å²) < 4.78 is 7.43. The number of primary amides is 1. The van der Waals surface area contributed by atoms with Crippen LogP contribution in [0.5, 0.6) is 5.75 Å². The molecule has 0 saturated heterocycles. The Balaban J connectivity index is 1.76. The second-order valence-corrected chi connectivity index (χ2v) is 8.59. The largest absolute Gasteiger partial charge is 0.497 e. The molecule has 0 fully saturated rings. The first-order valence-corrected chi connectivity index (χ1v) is 11.1. The second kappa shape index (κ2) is 8.47. The molecule has 33 heavy (non-hydrogen) atoms. The highest BCUT2D eigenvalue weighted by Gasteiger charge is 2.18. The monoisotopic (exact) mass is 473 g/mol. The number of benzene rings is 4. The molecule has 163 valence electrons. The molecule has 1 aromatic heterocycles. The molecule has 0 saturated carbocycles. The zero-order valence-electron chi connectivity index (χ0n) is 17.7. The van der Waals surface area contributed by atoms with Gasteiger partial charge in [-0.05, 0) is 71.3 Å². The molecule has 0 bridgehead atoms. The van der Waals surface area contributed by atoms with E-state index in [1.165, 1.54) is 0 Å². The molecule has 0 unspecified atom stereocenters. The molecule has 4 nitrogen and oxygen atoms in total. The van der Waals surface area contributed by atoms with E-state index < -0.39 is 5.91 Å². The van der Waals surface area contributed by atoms with Crippen molar-refractivity contribution in [1.29, 1.82) is 0 Å². The summed E-state index contributed by atoms with van der Waals surface area (Å²) in [4.78, 5) is 12.2. The Morgan fingerprint density at radius 1 is 0.970 bits per heavy atom. The number of hydrogen-bond acceptors (Lipinski definition) is 2. The van der Waals surface area contributed by atoms with Crippen molar-refractivity contribution < 1.29 is 9.53 Å². The van der Waals surface area contributed by atoms with Crippen LogP contribution in [0.15, 0.2) is 72.8 Å². The van der Waals surface area contributed by atoms with E-state index >= 15 is 0 Å². The number of ether oxygens (including phenoxy) is 1. The van der Waals surface area contributed by atoms with Crippen LogP contribution in [-0.2, 0) is 6.54 Å². The first-order chi connectivity index (χ1) is 16.0. The van der Waals surface area contributed by atoms with Gasteiger partial charge in [0.05, 0.1) is 28.2 Å². The SMILES string of the molecule is COc1ccc(-c2c[c]c3c4c(C(N)=O)cccc4n(Cc4ccc(Cl)c(Cl)c4)c3c2)cc1. The Hall–Kier alpha value is -3.47. The maximum Gasteiger partial charge on any atom is 0.249 e. The van der Waals surface area contributed by atoms with Crippen LogP contribution in [0, 0.1) is 6.07 Å². The molecule has 5 rings (SSSR count). The van der Waals surface area contributed by atoms with Crippen LogP contribution in [0.2, 0.25) is 10.0 Å². The van der Waals surface area contributed by atoms with Crippen LogP contribution in [0.4, 0.5) is 0 Å². The third-order valence-corrected chi connectivity index (χ3v) is 6.55. The average molecular weight is 474 g/mol.